The summed E-state index contributed by atoms with van der Waals surface area (Å²) in [5, 5.41) is 9.47. The predicted molar refractivity (Wildman–Crippen MR) is 79.8 cm³/mol. The molecule has 0 aliphatic carbocycles. The minimum Gasteiger partial charge on any atom is -0.308 e. The molecule has 4 nitrogen and oxygen atoms in total. The van der Waals surface area contributed by atoms with Crippen LogP contribution in [-0.4, -0.2) is 9.97 Å². The maximum atomic E-state index is 11.8. The number of hydrogen-bond donors (Lipinski definition) is 2. The summed E-state index contributed by atoms with van der Waals surface area (Å²) in [6.45, 7) is 3.46. The third kappa shape index (κ3) is 2.60. The fourth-order valence-electron chi connectivity index (χ4n) is 1.89. The monoisotopic (exact) mass is 291 g/mol. The third-order valence-electron chi connectivity index (χ3n) is 2.93. The van der Waals surface area contributed by atoms with Crippen LogP contribution in [-0.2, 0) is 13.1 Å². The van der Waals surface area contributed by atoms with Crippen molar-refractivity contribution >= 4 is 32.9 Å². The Morgan fingerprint density at radius 2 is 2.26 bits per heavy atom. The molecule has 0 aliphatic heterocycles. The lowest BCUT2D eigenvalue weighted by atomic mass is 10.2. The van der Waals surface area contributed by atoms with E-state index in [1.54, 1.807) is 11.3 Å². The van der Waals surface area contributed by atoms with Crippen LogP contribution in [0.3, 0.4) is 0 Å². The highest BCUT2D eigenvalue weighted by molar-refractivity contribution is 7.17. The van der Waals surface area contributed by atoms with Crippen molar-refractivity contribution in [3.8, 4) is 0 Å². The maximum Gasteiger partial charge on any atom is 0.268 e. The van der Waals surface area contributed by atoms with Crippen LogP contribution in [0.25, 0.3) is 10.2 Å². The first-order valence-electron chi connectivity index (χ1n) is 5.93. The number of aromatic amines is 1. The largest absolute Gasteiger partial charge is 0.308 e. The standard InChI is InChI=1S/C13H13N3OS2/c1-8-6-18-7-9(8)4-14-5-11-15-10-2-3-19-12(10)13(17)16-11/h2-3,6-7,14H,4-5H2,1H3,(H,15,16,17). The van der Waals surface area contributed by atoms with E-state index in [1.807, 2.05) is 11.4 Å². The fraction of sp³-hybridized carbons (Fsp3) is 0.231. The van der Waals surface area contributed by atoms with Gasteiger partial charge in [0.15, 0.2) is 0 Å². The Balaban J connectivity index is 1.72. The van der Waals surface area contributed by atoms with E-state index in [1.165, 1.54) is 22.5 Å². The van der Waals surface area contributed by atoms with Gasteiger partial charge in [-0.25, -0.2) is 4.98 Å². The van der Waals surface area contributed by atoms with Crippen LogP contribution in [0.2, 0.25) is 0 Å². The third-order valence-corrected chi connectivity index (χ3v) is 4.75. The van der Waals surface area contributed by atoms with Gasteiger partial charge in [0.25, 0.3) is 5.56 Å². The Kier molecular flexibility index (Phi) is 3.46. The van der Waals surface area contributed by atoms with Gasteiger partial charge in [0.2, 0.25) is 0 Å². The van der Waals surface area contributed by atoms with Gasteiger partial charge in [-0.15, -0.1) is 11.3 Å². The van der Waals surface area contributed by atoms with E-state index < -0.39 is 0 Å². The minimum absolute atomic E-state index is 0.0523. The highest BCUT2D eigenvalue weighted by Crippen LogP contribution is 2.14. The van der Waals surface area contributed by atoms with Crippen LogP contribution >= 0.6 is 22.7 Å². The Labute approximate surface area is 118 Å². The molecule has 0 unspecified atom stereocenters. The van der Waals surface area contributed by atoms with Crippen molar-refractivity contribution in [3.63, 3.8) is 0 Å². The molecule has 0 radical (unpaired) electrons. The number of nitrogens with zero attached hydrogens (tertiary/aromatic N) is 1. The van der Waals surface area contributed by atoms with E-state index in [9.17, 15) is 4.79 Å². The molecular formula is C13H13N3OS2. The van der Waals surface area contributed by atoms with Crippen LogP contribution in [0.1, 0.15) is 17.0 Å². The molecule has 0 aliphatic rings. The topological polar surface area (TPSA) is 57.8 Å². The highest BCUT2D eigenvalue weighted by Gasteiger charge is 2.05. The summed E-state index contributed by atoms with van der Waals surface area (Å²) in [5.41, 5.74) is 3.32. The summed E-state index contributed by atoms with van der Waals surface area (Å²) >= 11 is 3.13. The normalized spacial score (nSPS) is 11.2. The zero-order valence-corrected chi connectivity index (χ0v) is 12.0. The van der Waals surface area contributed by atoms with E-state index in [2.05, 4.69) is 33.0 Å². The van der Waals surface area contributed by atoms with E-state index in [4.69, 9.17) is 0 Å². The summed E-state index contributed by atoms with van der Waals surface area (Å²) in [6.07, 6.45) is 0. The van der Waals surface area contributed by atoms with Crippen molar-refractivity contribution in [1.29, 1.82) is 0 Å². The second-order valence-corrected chi connectivity index (χ2v) is 5.99. The molecule has 19 heavy (non-hydrogen) atoms. The fourth-order valence-corrected chi connectivity index (χ4v) is 3.47. The molecule has 3 heterocycles. The molecule has 3 aromatic heterocycles. The van der Waals surface area contributed by atoms with Gasteiger partial charge in [0, 0.05) is 6.54 Å². The van der Waals surface area contributed by atoms with Crippen molar-refractivity contribution < 1.29 is 0 Å². The second-order valence-electron chi connectivity index (χ2n) is 4.33. The van der Waals surface area contributed by atoms with E-state index in [0.29, 0.717) is 17.1 Å². The van der Waals surface area contributed by atoms with E-state index in [-0.39, 0.29) is 5.56 Å². The Morgan fingerprint density at radius 3 is 3.05 bits per heavy atom. The lowest BCUT2D eigenvalue weighted by Crippen LogP contribution is -2.18. The van der Waals surface area contributed by atoms with Crippen LogP contribution in [0.5, 0.6) is 0 Å². The van der Waals surface area contributed by atoms with Crippen molar-refractivity contribution in [2.24, 2.45) is 0 Å². The van der Waals surface area contributed by atoms with Gasteiger partial charge in [-0.05, 0) is 40.3 Å². The average Bonchev–Trinajstić information content (AvgIpc) is 2.99. The number of thiophene rings is 2. The van der Waals surface area contributed by atoms with E-state index >= 15 is 0 Å². The van der Waals surface area contributed by atoms with Crippen LogP contribution < -0.4 is 10.9 Å². The molecule has 0 aromatic carbocycles. The lowest BCUT2D eigenvalue weighted by molar-refractivity contribution is 0.663. The molecule has 6 heteroatoms. The zero-order chi connectivity index (χ0) is 13.2. The van der Waals surface area contributed by atoms with Crippen LogP contribution in [0, 0.1) is 6.92 Å². The molecule has 3 rings (SSSR count). The second kappa shape index (κ2) is 5.24. The van der Waals surface area contributed by atoms with Crippen LogP contribution in [0.4, 0.5) is 0 Å². The molecule has 2 N–H and O–H groups in total. The summed E-state index contributed by atoms with van der Waals surface area (Å²) < 4.78 is 0.692. The number of rotatable bonds is 4. The summed E-state index contributed by atoms with van der Waals surface area (Å²) in [5.74, 6) is 0.684. The van der Waals surface area contributed by atoms with Gasteiger partial charge in [-0.2, -0.15) is 11.3 Å². The Bertz CT molecular complexity index is 756. The minimum atomic E-state index is -0.0523. The molecule has 0 atom stereocenters. The number of fused-ring (bicyclic) bond motifs is 1. The molecule has 0 amide bonds. The van der Waals surface area contributed by atoms with Crippen molar-refractivity contribution in [2.45, 2.75) is 20.0 Å². The average molecular weight is 291 g/mol. The lowest BCUT2D eigenvalue weighted by Gasteiger charge is -2.04. The quantitative estimate of drug-likeness (QED) is 0.777. The molecule has 0 bridgehead atoms. The zero-order valence-electron chi connectivity index (χ0n) is 10.4. The number of aryl methyl sites for hydroxylation is 1. The highest BCUT2D eigenvalue weighted by atomic mass is 32.1. The number of aromatic nitrogens is 2. The Morgan fingerprint density at radius 1 is 1.37 bits per heavy atom. The first-order valence-corrected chi connectivity index (χ1v) is 7.75. The first kappa shape index (κ1) is 12.5. The molecule has 0 fully saturated rings. The molecule has 0 saturated heterocycles. The van der Waals surface area contributed by atoms with Gasteiger partial charge in [-0.3, -0.25) is 4.79 Å². The van der Waals surface area contributed by atoms with Gasteiger partial charge in [0.1, 0.15) is 10.5 Å². The molecular weight excluding hydrogens is 278 g/mol. The van der Waals surface area contributed by atoms with Crippen LogP contribution in [0.15, 0.2) is 27.0 Å². The number of nitrogens with one attached hydrogen (secondary N) is 2. The molecule has 0 spiro atoms. The summed E-state index contributed by atoms with van der Waals surface area (Å²) in [6, 6.07) is 1.88. The number of H-pyrrole nitrogens is 1. The smallest absolute Gasteiger partial charge is 0.268 e. The molecule has 3 aromatic rings. The molecule has 0 saturated carbocycles. The summed E-state index contributed by atoms with van der Waals surface area (Å²) in [7, 11) is 0. The molecule has 98 valence electrons. The van der Waals surface area contributed by atoms with Crippen molar-refractivity contribution in [3.05, 3.63) is 49.5 Å². The number of hydrogen-bond acceptors (Lipinski definition) is 5. The van der Waals surface area contributed by atoms with Crippen molar-refractivity contribution in [2.75, 3.05) is 0 Å². The van der Waals surface area contributed by atoms with E-state index in [0.717, 1.165) is 12.1 Å². The van der Waals surface area contributed by atoms with Gasteiger partial charge < -0.3 is 10.3 Å². The van der Waals surface area contributed by atoms with Gasteiger partial charge in [0.05, 0.1) is 12.1 Å². The Hall–Kier alpha value is -1.50. The predicted octanol–water partition coefficient (Wildman–Crippen LogP) is 2.64. The first-order chi connectivity index (χ1) is 9.24. The SMILES string of the molecule is Cc1cscc1CNCc1nc2ccsc2c(=O)[nH]1. The maximum absolute atomic E-state index is 11.8. The summed E-state index contributed by atoms with van der Waals surface area (Å²) in [4.78, 5) is 19.0. The van der Waals surface area contributed by atoms with Gasteiger partial charge in [-0.1, -0.05) is 0 Å². The van der Waals surface area contributed by atoms with Crippen molar-refractivity contribution in [1.82, 2.24) is 15.3 Å². The van der Waals surface area contributed by atoms with Gasteiger partial charge >= 0.3 is 0 Å².